The summed E-state index contributed by atoms with van der Waals surface area (Å²) in [6, 6.07) is 0. The van der Waals surface area contributed by atoms with E-state index in [1.807, 2.05) is 0 Å². The normalized spacial score (nSPS) is 10.2. The standard InChI is InChI=1S/C5H15N2O3PS.2Na/c6-2-1-3-7-4-5-12-11(8,9)10;;/h7H,1-6H2,(H2,8,9,10);;/q;2*+1/p-2. The van der Waals surface area contributed by atoms with Gasteiger partial charge >= 0.3 is 59.1 Å². The predicted molar refractivity (Wildman–Crippen MR) is 46.6 cm³/mol. The molecule has 0 rings (SSSR count). The summed E-state index contributed by atoms with van der Waals surface area (Å²) in [4.78, 5) is 20.2. The maximum absolute atomic E-state index is 10.1. The van der Waals surface area contributed by atoms with Crippen molar-refractivity contribution in [1.82, 2.24) is 5.32 Å². The summed E-state index contributed by atoms with van der Waals surface area (Å²) in [7, 11) is 0. The molecule has 3 N–H and O–H groups in total. The van der Waals surface area contributed by atoms with E-state index in [-0.39, 0.29) is 59.1 Å². The Morgan fingerprint density at radius 2 is 1.86 bits per heavy atom. The first-order chi connectivity index (χ1) is 5.56. The third-order valence-corrected chi connectivity index (χ3v) is 3.29. The number of rotatable bonds is 7. The van der Waals surface area contributed by atoms with Crippen LogP contribution in [-0.4, -0.2) is 25.4 Å². The van der Waals surface area contributed by atoms with Crippen molar-refractivity contribution in [2.24, 2.45) is 5.73 Å². The summed E-state index contributed by atoms with van der Waals surface area (Å²) in [5.74, 6) is 0.300. The molecule has 0 atom stereocenters. The second-order valence-electron chi connectivity index (χ2n) is 2.17. The molecule has 0 fully saturated rings. The minimum atomic E-state index is -4.37. The van der Waals surface area contributed by atoms with Gasteiger partial charge in [0.05, 0.1) is 0 Å². The first-order valence-corrected chi connectivity index (χ1v) is 6.77. The van der Waals surface area contributed by atoms with Crippen LogP contribution in [0, 0.1) is 0 Å². The Hall–Kier alpha value is 2.42. The van der Waals surface area contributed by atoms with E-state index in [4.69, 9.17) is 5.73 Å². The Balaban J connectivity index is -0.000000605. The van der Waals surface area contributed by atoms with E-state index in [1.54, 1.807) is 0 Å². The van der Waals surface area contributed by atoms with E-state index < -0.39 is 6.80 Å². The van der Waals surface area contributed by atoms with Crippen molar-refractivity contribution in [3.63, 3.8) is 0 Å². The molecule has 0 heterocycles. The molecular formula is C5H13N2Na2O3PS. The van der Waals surface area contributed by atoms with Crippen LogP contribution in [0.2, 0.25) is 0 Å². The molecule has 0 spiro atoms. The van der Waals surface area contributed by atoms with Gasteiger partial charge in [0.2, 0.25) is 0 Å². The molecule has 0 aliphatic rings. The fourth-order valence-corrected chi connectivity index (χ4v) is 1.99. The van der Waals surface area contributed by atoms with Gasteiger partial charge in [-0.05, 0) is 26.3 Å². The van der Waals surface area contributed by atoms with E-state index in [9.17, 15) is 14.4 Å². The van der Waals surface area contributed by atoms with Crippen molar-refractivity contribution in [3.05, 3.63) is 0 Å². The molecule has 0 saturated heterocycles. The van der Waals surface area contributed by atoms with Gasteiger partial charge in [0.15, 0.2) is 0 Å². The van der Waals surface area contributed by atoms with E-state index in [1.165, 1.54) is 0 Å². The summed E-state index contributed by atoms with van der Waals surface area (Å²) < 4.78 is 10.1. The van der Waals surface area contributed by atoms with E-state index in [2.05, 4.69) is 5.32 Å². The zero-order valence-corrected chi connectivity index (χ0v) is 14.4. The SMILES string of the molecule is NCCCNCCSP(=O)([O-])[O-].[Na+].[Na+]. The van der Waals surface area contributed by atoms with Crippen molar-refractivity contribution in [2.45, 2.75) is 6.42 Å². The molecule has 0 radical (unpaired) electrons. The Labute approximate surface area is 133 Å². The second-order valence-corrected chi connectivity index (χ2v) is 5.85. The maximum Gasteiger partial charge on any atom is 1.00 e. The quantitative estimate of drug-likeness (QED) is 0.267. The third-order valence-electron chi connectivity index (χ3n) is 1.09. The van der Waals surface area contributed by atoms with Gasteiger partial charge in [-0.2, -0.15) is 0 Å². The molecule has 0 aliphatic heterocycles. The molecule has 0 aromatic rings. The molecule has 0 saturated carbocycles. The first-order valence-electron chi connectivity index (χ1n) is 3.63. The van der Waals surface area contributed by atoms with Crippen molar-refractivity contribution in [2.75, 3.05) is 25.4 Å². The molecule has 74 valence electrons. The second kappa shape index (κ2) is 13.5. The van der Waals surface area contributed by atoms with Crippen molar-refractivity contribution in [1.29, 1.82) is 0 Å². The fourth-order valence-electron chi connectivity index (χ4n) is 0.582. The zero-order valence-electron chi connectivity index (χ0n) is 8.69. The largest absolute Gasteiger partial charge is 1.00 e. The monoisotopic (exact) mass is 258 g/mol. The minimum absolute atomic E-state index is 0. The Bertz CT molecular complexity index is 160. The summed E-state index contributed by atoms with van der Waals surface area (Å²) in [6.07, 6.45) is 0.858. The molecule has 0 unspecified atom stereocenters. The Kier molecular flexibility index (Phi) is 20.9. The number of nitrogens with two attached hydrogens (primary N) is 1. The van der Waals surface area contributed by atoms with Gasteiger partial charge in [0, 0.05) is 12.3 Å². The zero-order chi connectivity index (χ0) is 9.45. The number of nitrogens with one attached hydrogen (secondary N) is 1. The average Bonchev–Trinajstić information content (AvgIpc) is 1.94. The predicted octanol–water partition coefficient (Wildman–Crippen LogP) is -7.51. The molecule has 5 nitrogen and oxygen atoms in total. The molecule has 0 amide bonds. The summed E-state index contributed by atoms with van der Waals surface area (Å²) in [6.45, 7) is -2.47. The smallest absolute Gasteiger partial charge is 0.803 e. The van der Waals surface area contributed by atoms with Crippen molar-refractivity contribution in [3.8, 4) is 0 Å². The Morgan fingerprint density at radius 1 is 1.29 bits per heavy atom. The van der Waals surface area contributed by atoms with Crippen LogP contribution in [0.3, 0.4) is 0 Å². The van der Waals surface area contributed by atoms with E-state index in [0.717, 1.165) is 13.0 Å². The summed E-state index contributed by atoms with van der Waals surface area (Å²) in [5.41, 5.74) is 5.22. The molecular weight excluding hydrogens is 245 g/mol. The summed E-state index contributed by atoms with van der Waals surface area (Å²) >= 11 is 0.442. The van der Waals surface area contributed by atoms with Crippen LogP contribution in [0.15, 0.2) is 0 Å². The van der Waals surface area contributed by atoms with E-state index in [0.29, 0.717) is 30.2 Å². The van der Waals surface area contributed by atoms with Crippen LogP contribution < -0.4 is 80.0 Å². The summed E-state index contributed by atoms with van der Waals surface area (Å²) in [5, 5.41) is 2.96. The molecule has 0 aromatic carbocycles. The molecule has 0 aromatic heterocycles. The van der Waals surface area contributed by atoms with Gasteiger partial charge in [-0.3, -0.25) is 0 Å². The molecule has 0 aliphatic carbocycles. The maximum atomic E-state index is 10.1. The van der Waals surface area contributed by atoms with Crippen LogP contribution in [0.4, 0.5) is 0 Å². The van der Waals surface area contributed by atoms with Crippen molar-refractivity contribution < 1.29 is 73.5 Å². The minimum Gasteiger partial charge on any atom is -0.803 e. The van der Waals surface area contributed by atoms with Gasteiger partial charge < -0.3 is 25.4 Å². The fraction of sp³-hybridized carbons (Fsp3) is 1.00. The van der Waals surface area contributed by atoms with Crippen LogP contribution in [0.5, 0.6) is 0 Å². The van der Waals surface area contributed by atoms with Crippen LogP contribution >= 0.6 is 18.2 Å². The van der Waals surface area contributed by atoms with Gasteiger partial charge in [0.1, 0.15) is 0 Å². The molecule has 0 bridgehead atoms. The number of hydrogen-bond donors (Lipinski definition) is 2. The van der Waals surface area contributed by atoms with Gasteiger partial charge in [-0.25, -0.2) is 0 Å². The molecule has 9 heteroatoms. The average molecular weight is 258 g/mol. The van der Waals surface area contributed by atoms with Gasteiger partial charge in [-0.15, -0.1) is 11.4 Å². The van der Waals surface area contributed by atoms with Crippen LogP contribution in [-0.2, 0) is 4.57 Å². The topological polar surface area (TPSA) is 101 Å². The van der Waals surface area contributed by atoms with Crippen molar-refractivity contribution >= 4 is 18.2 Å². The molecule has 14 heavy (non-hydrogen) atoms. The van der Waals surface area contributed by atoms with Gasteiger partial charge in [0.25, 0.3) is 0 Å². The van der Waals surface area contributed by atoms with Crippen LogP contribution in [0.1, 0.15) is 6.42 Å². The first kappa shape index (κ1) is 21.7. The van der Waals surface area contributed by atoms with Crippen LogP contribution in [0.25, 0.3) is 0 Å². The number of hydrogen-bond acceptors (Lipinski definition) is 6. The van der Waals surface area contributed by atoms with E-state index >= 15 is 0 Å². The Morgan fingerprint density at radius 3 is 2.29 bits per heavy atom. The third kappa shape index (κ3) is 19.9. The van der Waals surface area contributed by atoms with Gasteiger partial charge in [-0.1, -0.05) is 0 Å².